The van der Waals surface area contributed by atoms with Crippen LogP contribution in [-0.4, -0.2) is 37.0 Å². The van der Waals surface area contributed by atoms with Crippen LogP contribution in [0.3, 0.4) is 0 Å². The molecule has 0 aliphatic rings. The highest BCUT2D eigenvalue weighted by Crippen LogP contribution is 2.00. The van der Waals surface area contributed by atoms with Gasteiger partial charge in [-0.15, -0.1) is 0 Å². The van der Waals surface area contributed by atoms with E-state index < -0.39 is 5.91 Å². The minimum absolute atomic E-state index is 0.151. The van der Waals surface area contributed by atoms with Gasteiger partial charge in [-0.1, -0.05) is 6.07 Å². The molecule has 3 aromatic rings. The van der Waals surface area contributed by atoms with Gasteiger partial charge in [-0.05, 0) is 32.9 Å². The first-order valence-corrected chi connectivity index (χ1v) is 8.83. The number of hydrogen-bond donors (Lipinski definition) is 3. The Morgan fingerprint density at radius 2 is 2.00 bits per heavy atom. The number of pyridine rings is 1. The molecule has 3 heterocycles. The quantitative estimate of drug-likeness (QED) is 0.584. The molecule has 9 heteroatoms. The summed E-state index contributed by atoms with van der Waals surface area (Å²) in [5, 5.41) is 2.97. The normalized spacial score (nSPS) is 10.1. The van der Waals surface area contributed by atoms with Gasteiger partial charge in [0.1, 0.15) is 6.54 Å². The highest BCUT2D eigenvalue weighted by atomic mass is 16.2. The fraction of sp³-hybridized carbons (Fsp3) is 0.316. The van der Waals surface area contributed by atoms with Crippen molar-refractivity contribution in [3.05, 3.63) is 70.0 Å². The minimum atomic E-state index is -0.564. The number of imidazole rings is 1. The van der Waals surface area contributed by atoms with E-state index >= 15 is 0 Å². The smallest absolute Gasteiger partial charge is 0.293 e. The maximum atomic E-state index is 12.2. The molecule has 3 aromatic heterocycles. The molecule has 0 radical (unpaired) electrons. The maximum Gasteiger partial charge on any atom is 0.293 e. The number of amides is 1. The Bertz CT molecular complexity index is 947. The molecule has 0 saturated carbocycles. The van der Waals surface area contributed by atoms with Crippen LogP contribution in [-0.2, 0) is 17.8 Å². The molecule has 0 aliphatic carbocycles. The molecule has 0 aliphatic heterocycles. The van der Waals surface area contributed by atoms with E-state index in [0.717, 1.165) is 17.1 Å². The number of carbonyl (C=O) groups excluding carboxylic acids is 1. The van der Waals surface area contributed by atoms with Crippen molar-refractivity contribution in [2.45, 2.75) is 33.7 Å². The Balaban J connectivity index is 0.000000336. The average molecular weight is 383 g/mol. The van der Waals surface area contributed by atoms with Gasteiger partial charge in [0.25, 0.3) is 5.56 Å². The third-order valence-electron chi connectivity index (χ3n) is 4.05. The second-order valence-electron chi connectivity index (χ2n) is 6.22. The molecule has 28 heavy (non-hydrogen) atoms. The van der Waals surface area contributed by atoms with Gasteiger partial charge in [0.2, 0.25) is 5.91 Å². The van der Waals surface area contributed by atoms with Gasteiger partial charge in [0.15, 0.2) is 5.82 Å². The van der Waals surface area contributed by atoms with E-state index in [1.165, 1.54) is 10.8 Å². The van der Waals surface area contributed by atoms with Crippen molar-refractivity contribution in [1.82, 2.24) is 24.5 Å². The van der Waals surface area contributed by atoms with Crippen LogP contribution in [0.1, 0.15) is 22.8 Å². The number of hydrogen-bond acceptors (Lipinski definition) is 6. The Morgan fingerprint density at radius 3 is 2.54 bits per heavy atom. The van der Waals surface area contributed by atoms with Crippen molar-refractivity contribution >= 4 is 11.7 Å². The lowest BCUT2D eigenvalue weighted by atomic mass is 10.3. The lowest BCUT2D eigenvalue weighted by molar-refractivity contribution is -0.118. The Labute approximate surface area is 163 Å². The fourth-order valence-corrected chi connectivity index (χ4v) is 2.33. The number of rotatable bonds is 6. The second-order valence-corrected chi connectivity index (χ2v) is 6.22. The lowest BCUT2D eigenvalue weighted by Crippen LogP contribution is -2.32. The van der Waals surface area contributed by atoms with E-state index in [0.29, 0.717) is 18.7 Å². The maximum absolute atomic E-state index is 12.2. The number of carbonyl (C=O) groups is 1. The number of anilines is 1. The SMILES string of the molecule is Cc1cnc(NCCc2ccccn2)c(=O)n1CC(N)=O.Cc1nc[nH]c1C. The average Bonchev–Trinajstić information content (AvgIpc) is 3.05. The van der Waals surface area contributed by atoms with E-state index in [4.69, 9.17) is 5.73 Å². The van der Waals surface area contributed by atoms with E-state index in [2.05, 4.69) is 25.3 Å². The summed E-state index contributed by atoms with van der Waals surface area (Å²) in [4.78, 5) is 38.4. The van der Waals surface area contributed by atoms with Crippen molar-refractivity contribution in [1.29, 1.82) is 0 Å². The summed E-state index contributed by atoms with van der Waals surface area (Å²) in [6.45, 7) is 6.06. The predicted molar refractivity (Wildman–Crippen MR) is 107 cm³/mol. The molecule has 0 aromatic carbocycles. The van der Waals surface area contributed by atoms with Crippen molar-refractivity contribution in [2.75, 3.05) is 11.9 Å². The molecule has 0 unspecified atom stereocenters. The molecule has 0 atom stereocenters. The van der Waals surface area contributed by atoms with Gasteiger partial charge in [0, 0.05) is 42.4 Å². The van der Waals surface area contributed by atoms with Gasteiger partial charge in [-0.3, -0.25) is 19.1 Å². The zero-order valence-electron chi connectivity index (χ0n) is 16.3. The largest absolute Gasteiger partial charge is 0.368 e. The topological polar surface area (TPSA) is 132 Å². The summed E-state index contributed by atoms with van der Waals surface area (Å²) in [6.07, 6.45) is 5.63. The molecule has 0 fully saturated rings. The molecule has 0 spiro atoms. The van der Waals surface area contributed by atoms with Crippen LogP contribution < -0.4 is 16.6 Å². The second kappa shape index (κ2) is 10.0. The first-order chi connectivity index (χ1) is 13.4. The van der Waals surface area contributed by atoms with Gasteiger partial charge < -0.3 is 16.0 Å². The fourth-order valence-electron chi connectivity index (χ4n) is 2.33. The molecular formula is C19H25N7O2. The number of primary amides is 1. The van der Waals surface area contributed by atoms with Crippen molar-refractivity contribution in [2.24, 2.45) is 5.73 Å². The van der Waals surface area contributed by atoms with E-state index in [1.807, 2.05) is 32.0 Å². The standard InChI is InChI=1S/C14H17N5O2.C5H8N2/c1-10-8-18-13(14(21)19(10)9-12(15)20)17-7-5-11-4-2-3-6-16-11;1-4-5(2)7-3-6-4/h2-4,6,8H,5,7,9H2,1H3,(H2,15,20)(H,17,18);3H,1-2H3,(H,6,7). The molecule has 148 valence electrons. The number of aromatic amines is 1. The Morgan fingerprint density at radius 1 is 1.21 bits per heavy atom. The van der Waals surface area contributed by atoms with E-state index in [1.54, 1.807) is 19.4 Å². The molecule has 0 saturated heterocycles. The number of nitrogens with one attached hydrogen (secondary N) is 2. The van der Waals surface area contributed by atoms with Gasteiger partial charge in [-0.25, -0.2) is 9.97 Å². The van der Waals surface area contributed by atoms with Crippen LogP contribution in [0.5, 0.6) is 0 Å². The van der Waals surface area contributed by atoms with Crippen LogP contribution in [0.2, 0.25) is 0 Å². The van der Waals surface area contributed by atoms with Crippen LogP contribution in [0.4, 0.5) is 5.82 Å². The number of H-pyrrole nitrogens is 1. The number of nitrogens with zero attached hydrogens (tertiary/aromatic N) is 4. The number of aryl methyl sites for hydroxylation is 3. The molecule has 0 bridgehead atoms. The molecule has 1 amide bonds. The van der Waals surface area contributed by atoms with Crippen LogP contribution in [0, 0.1) is 20.8 Å². The lowest BCUT2D eigenvalue weighted by Gasteiger charge is -2.10. The highest BCUT2D eigenvalue weighted by molar-refractivity contribution is 5.73. The van der Waals surface area contributed by atoms with E-state index in [9.17, 15) is 9.59 Å². The number of nitrogens with two attached hydrogens (primary N) is 1. The summed E-state index contributed by atoms with van der Waals surface area (Å²) in [7, 11) is 0. The number of aromatic nitrogens is 5. The van der Waals surface area contributed by atoms with Crippen LogP contribution in [0.25, 0.3) is 0 Å². The molecular weight excluding hydrogens is 358 g/mol. The first kappa shape index (κ1) is 20.8. The zero-order valence-corrected chi connectivity index (χ0v) is 16.3. The third-order valence-corrected chi connectivity index (χ3v) is 4.05. The summed E-state index contributed by atoms with van der Waals surface area (Å²) in [5.74, 6) is -0.358. The van der Waals surface area contributed by atoms with Crippen LogP contribution in [0.15, 0.2) is 41.7 Å². The Hall–Kier alpha value is -3.49. The van der Waals surface area contributed by atoms with Crippen molar-refractivity contribution < 1.29 is 4.79 Å². The first-order valence-electron chi connectivity index (χ1n) is 8.83. The molecule has 4 N–H and O–H groups in total. The Kier molecular flexibility index (Phi) is 7.44. The summed E-state index contributed by atoms with van der Waals surface area (Å²) < 4.78 is 1.30. The summed E-state index contributed by atoms with van der Waals surface area (Å²) >= 11 is 0. The highest BCUT2D eigenvalue weighted by Gasteiger charge is 2.09. The van der Waals surface area contributed by atoms with Gasteiger partial charge >= 0.3 is 0 Å². The summed E-state index contributed by atoms with van der Waals surface area (Å²) in [5.41, 5.74) is 8.54. The van der Waals surface area contributed by atoms with Crippen LogP contribution >= 0.6 is 0 Å². The van der Waals surface area contributed by atoms with Gasteiger partial charge in [0.05, 0.1) is 12.0 Å². The minimum Gasteiger partial charge on any atom is -0.368 e. The van der Waals surface area contributed by atoms with E-state index in [-0.39, 0.29) is 17.9 Å². The third kappa shape index (κ3) is 6.04. The van der Waals surface area contributed by atoms with Gasteiger partial charge in [-0.2, -0.15) is 0 Å². The zero-order chi connectivity index (χ0) is 20.5. The predicted octanol–water partition coefficient (Wildman–Crippen LogP) is 1.11. The van der Waals surface area contributed by atoms with Crippen molar-refractivity contribution in [3.63, 3.8) is 0 Å². The summed E-state index contributed by atoms with van der Waals surface area (Å²) in [6, 6.07) is 5.67. The van der Waals surface area contributed by atoms with Crippen molar-refractivity contribution in [3.8, 4) is 0 Å². The molecule has 3 rings (SSSR count). The monoisotopic (exact) mass is 383 g/mol. The molecule has 9 nitrogen and oxygen atoms in total.